The Balaban J connectivity index is 0. The number of carbonyl (C=O) groups is 3. The molecule has 7 N–H and O–H groups in total. The van der Waals surface area contributed by atoms with Gasteiger partial charge in [0.05, 0.1) is 25.2 Å². The van der Waals surface area contributed by atoms with Gasteiger partial charge in [0.15, 0.2) is 0 Å². The maximum Gasteiger partial charge on any atom is 0.398 e. The Morgan fingerprint density at radius 3 is 1.40 bits per heavy atom. The van der Waals surface area contributed by atoms with Crippen LogP contribution >= 0.6 is 61.1 Å². The topological polar surface area (TPSA) is 184 Å². The maximum atomic E-state index is 13.3. The van der Waals surface area contributed by atoms with Crippen molar-refractivity contribution in [1.29, 1.82) is 0 Å². The van der Waals surface area contributed by atoms with Gasteiger partial charge in [-0.1, -0.05) is 34.1 Å². The fourth-order valence-electron chi connectivity index (χ4n) is 5.46. The zero-order chi connectivity index (χ0) is 54.4. The molecule has 373 valence electrons. The van der Waals surface area contributed by atoms with Crippen molar-refractivity contribution < 1.29 is 74.2 Å². The highest BCUT2D eigenvalue weighted by Crippen LogP contribution is 2.24. The van der Waals surface area contributed by atoms with Gasteiger partial charge in [-0.05, 0) is 137 Å². The minimum atomic E-state index is -0.749. The van der Waals surface area contributed by atoms with Crippen LogP contribution in [0.1, 0.15) is 56.8 Å². The Labute approximate surface area is 472 Å². The fraction of sp³-hybridized carbons (Fsp3) is 0.325. The average Bonchev–Trinajstić information content (AvgIpc) is 4.25. The summed E-state index contributed by atoms with van der Waals surface area (Å²) in [6.07, 6.45) is -0.667. The summed E-state index contributed by atoms with van der Waals surface area (Å²) in [4.78, 5) is 32.8. The van der Waals surface area contributed by atoms with Crippen molar-refractivity contribution in [3.8, 4) is 0 Å². The lowest BCUT2D eigenvalue weighted by Crippen LogP contribution is -3.00. The van der Waals surface area contributed by atoms with E-state index in [1.807, 2.05) is 27.3 Å². The van der Waals surface area contributed by atoms with E-state index in [2.05, 4.69) is 98.3 Å². The second kappa shape index (κ2) is 40.0. The summed E-state index contributed by atoms with van der Waals surface area (Å²) in [7, 11) is 25.6. The molecule has 0 saturated carbocycles. The van der Waals surface area contributed by atoms with Crippen LogP contribution in [-0.4, -0.2) is 151 Å². The molecule has 0 unspecified atom stereocenters. The third-order valence-electron chi connectivity index (χ3n) is 8.92. The number of alkyl halides is 1. The van der Waals surface area contributed by atoms with Crippen molar-refractivity contribution in [2.75, 3.05) is 33.7 Å². The second-order valence-electron chi connectivity index (χ2n) is 14.5. The molecule has 13 nitrogen and oxygen atoms in total. The maximum absolute atomic E-state index is 13.3. The lowest BCUT2D eigenvalue weighted by Gasteiger charge is -2.24. The minimum absolute atomic E-state index is 0. The summed E-state index contributed by atoms with van der Waals surface area (Å²) in [5, 5.41) is 24.7. The number of hydrogen-bond acceptors (Lipinski definition) is 10. The minimum Gasteiger partial charge on any atom is -1.00 e. The largest absolute Gasteiger partial charge is 1.00 e. The van der Waals surface area contributed by atoms with E-state index in [4.69, 9.17) is 9.31 Å². The molecular formula is C40H51B11BrClF4I2N5O8. The summed E-state index contributed by atoms with van der Waals surface area (Å²) in [5.41, 5.74) is 7.90. The van der Waals surface area contributed by atoms with Crippen molar-refractivity contribution in [1.82, 2.24) is 20.1 Å². The molecule has 4 aromatic carbocycles. The normalized spacial score (nSPS) is 11.1. The third-order valence-corrected chi connectivity index (χ3v) is 11.5. The average molecular weight is 1290 g/mol. The number of nitrogens with one attached hydrogen (secondary N) is 2. The number of nitrogens with zero attached hydrogens (tertiary/aromatic N) is 2. The van der Waals surface area contributed by atoms with E-state index >= 15 is 0 Å². The molecule has 72 heavy (non-hydrogen) atoms. The molecule has 0 atom stereocenters. The molecule has 2 amide bonds. The molecule has 0 spiro atoms. The first-order chi connectivity index (χ1) is 33.4. The molecule has 0 aromatic heterocycles. The number of halogens is 8. The van der Waals surface area contributed by atoms with Crippen molar-refractivity contribution in [2.24, 2.45) is 0 Å². The van der Waals surface area contributed by atoms with E-state index in [9.17, 15) is 42.0 Å². The highest BCUT2D eigenvalue weighted by molar-refractivity contribution is 14.1. The fourth-order valence-corrected chi connectivity index (χ4v) is 7.79. The SMILES string of the molecule is CB(O)N(Cc1ccc(F)cc1I)B(C)O.CCOC(C)=O.CNC(=O)c1cc(F)ccc1CN(B1CO1)B1CO1.CNC(=O)c1cc(F)ccc1C[NH3+].Fc1ccc(CBr)c(I)c1.[B]B([B])[B].[B][B][B].[Cl-]. The van der Waals surface area contributed by atoms with E-state index in [0.29, 0.717) is 50.4 Å². The van der Waals surface area contributed by atoms with Crippen LogP contribution in [0, 0.1) is 30.4 Å². The molecule has 2 saturated heterocycles. The summed E-state index contributed by atoms with van der Waals surface area (Å²) < 4.78 is 71.6. The number of esters is 1. The van der Waals surface area contributed by atoms with Crippen molar-refractivity contribution >= 4 is 159 Å². The van der Waals surface area contributed by atoms with Gasteiger partial charge in [-0.3, -0.25) is 14.4 Å². The third kappa shape index (κ3) is 30.9. The van der Waals surface area contributed by atoms with Gasteiger partial charge >= 0.3 is 34.2 Å². The highest BCUT2D eigenvalue weighted by Gasteiger charge is 2.49. The number of rotatable bonds is 13. The molecule has 6 rings (SSSR count). The van der Waals surface area contributed by atoms with Crippen molar-refractivity contribution in [3.05, 3.63) is 137 Å². The van der Waals surface area contributed by atoms with Gasteiger partial charge in [0.25, 0.3) is 11.8 Å². The van der Waals surface area contributed by atoms with Crippen LogP contribution in [0.25, 0.3) is 0 Å². The molecule has 0 aliphatic carbocycles. The monoisotopic (exact) mass is 1290 g/mol. The van der Waals surface area contributed by atoms with E-state index < -0.39 is 32.1 Å². The number of carbonyl (C=O) groups excluding carboxylic acids is 3. The second-order valence-corrected chi connectivity index (χ2v) is 17.4. The van der Waals surface area contributed by atoms with Gasteiger partial charge in [0, 0.05) is 110 Å². The standard InChI is InChI=1S/C11H13B2FN2O3.C9H13B2FINO2.C9H11FN2O.C7H5BrFI.C4H8O2.B4.B3.ClH/c1-15-11(17)10-4-9(14)3-2-8(10)5-16(12-6-18-12)13-7-19-13;1-10(15)14(11(2)16)6-7-3-4-8(12)5-9(7)13;1-12-9(13)8-4-7(10)3-2-6(8)5-11;8-4-5-1-2-6(9)3-7(5)10;1-3-6-4(2)5;1-4(2)3;1-3-2;/h2-4H,5-7H2,1H3,(H,15,17);3-5,15-16H,6H2,1-2H3;2-4H,5,11H2,1H3,(H,12,13);1-3H,4H2;3H2,1-2H3;;;1H. The van der Waals surface area contributed by atoms with Gasteiger partial charge in [-0.25, -0.2) is 17.6 Å². The number of hydrogen-bond donors (Lipinski definition) is 5. The zero-order valence-corrected chi connectivity index (χ0v) is 47.4. The molecule has 32 heteroatoms. The van der Waals surface area contributed by atoms with Crippen LogP contribution in [-0.2, 0) is 43.8 Å². The molecule has 0 bridgehead atoms. The molecule has 2 aliphatic rings. The number of quaternary nitrogens is 1. The first-order valence-electron chi connectivity index (χ1n) is 21.4. The first-order valence-corrected chi connectivity index (χ1v) is 24.7. The lowest BCUT2D eigenvalue weighted by atomic mass is 9.08. The Bertz CT molecular complexity index is 2210. The van der Waals surface area contributed by atoms with E-state index in [1.54, 1.807) is 44.8 Å². The van der Waals surface area contributed by atoms with Gasteiger partial charge in [0.2, 0.25) is 0 Å². The Hall–Kier alpha value is -2.33. The number of benzene rings is 4. The number of amides is 2. The number of ether oxygens (including phenoxy) is 1. The molecule has 4 aromatic rings. The highest BCUT2D eigenvalue weighted by atomic mass is 127. The lowest BCUT2D eigenvalue weighted by molar-refractivity contribution is -0.386. The van der Waals surface area contributed by atoms with E-state index in [0.717, 1.165) is 41.8 Å². The Kier molecular flexibility index (Phi) is 39.9. The molecule has 2 fully saturated rings. The quantitative estimate of drug-likeness (QED) is 0.0298. The molecule has 2 aliphatic heterocycles. The van der Waals surface area contributed by atoms with Crippen molar-refractivity contribution in [3.63, 3.8) is 0 Å². The predicted molar refractivity (Wildman–Crippen MR) is 302 cm³/mol. The van der Waals surface area contributed by atoms with Crippen LogP contribution in [0.2, 0.25) is 13.6 Å². The summed E-state index contributed by atoms with van der Waals surface area (Å²) in [6.45, 7) is 9.55. The van der Waals surface area contributed by atoms with Crippen molar-refractivity contribution in [2.45, 2.75) is 52.5 Å². The summed E-state index contributed by atoms with van der Waals surface area (Å²) in [6, 6.07) is 17.6. The Morgan fingerprint density at radius 2 is 1.11 bits per heavy atom. The smallest absolute Gasteiger partial charge is 0.398 e. The van der Waals surface area contributed by atoms with Crippen LogP contribution in [0.3, 0.4) is 0 Å². The van der Waals surface area contributed by atoms with E-state index in [1.165, 1.54) is 74.3 Å². The first kappa shape index (κ1) is 71.7. The van der Waals surface area contributed by atoms with Gasteiger partial charge < -0.3 is 62.3 Å². The van der Waals surface area contributed by atoms with Crippen LogP contribution in [0.15, 0.2) is 72.8 Å². The molecule has 2 heterocycles. The molecular weight excluding hydrogens is 1240 g/mol. The van der Waals surface area contributed by atoms with Crippen LogP contribution < -0.4 is 28.8 Å². The van der Waals surface area contributed by atoms with Gasteiger partial charge in [0.1, 0.15) is 29.8 Å². The summed E-state index contributed by atoms with van der Waals surface area (Å²) >= 11 is 7.46. The van der Waals surface area contributed by atoms with Gasteiger partial charge in [-0.15, -0.1) is 0 Å². The predicted octanol–water partition coefficient (Wildman–Crippen LogP) is -0.284. The van der Waals surface area contributed by atoms with Crippen LogP contribution in [0.5, 0.6) is 0 Å². The summed E-state index contributed by atoms with van der Waals surface area (Å²) in [5.74, 6) is -2.06. The van der Waals surface area contributed by atoms with E-state index in [-0.39, 0.29) is 55.9 Å². The van der Waals surface area contributed by atoms with Crippen LogP contribution in [0.4, 0.5) is 17.6 Å². The molecule has 11 radical (unpaired) electrons. The van der Waals surface area contributed by atoms with Gasteiger partial charge in [-0.2, -0.15) is 0 Å². The zero-order valence-electron chi connectivity index (χ0n) is 40.7. The Morgan fingerprint density at radius 1 is 0.764 bits per heavy atom.